The molecule has 16 heavy (non-hydrogen) atoms. The van der Waals surface area contributed by atoms with Gasteiger partial charge in [0.2, 0.25) is 0 Å². The highest BCUT2D eigenvalue weighted by atomic mass is 32.1. The van der Waals surface area contributed by atoms with Crippen LogP contribution in [0, 0.1) is 0 Å². The highest BCUT2D eigenvalue weighted by Gasteiger charge is 2.13. The second kappa shape index (κ2) is 6.48. The van der Waals surface area contributed by atoms with Crippen molar-refractivity contribution in [3.8, 4) is 0 Å². The fourth-order valence-electron chi connectivity index (χ4n) is 1.34. The third-order valence-electron chi connectivity index (χ3n) is 2.31. The summed E-state index contributed by atoms with van der Waals surface area (Å²) in [4.78, 5) is 18.3. The first kappa shape index (κ1) is 13.0. The minimum atomic E-state index is -0.310. The molecule has 1 rings (SSSR count). The number of unbranched alkanes of at least 4 members (excludes halogenated alkanes) is 1. The number of hydrogen-bond acceptors (Lipinski definition) is 5. The molecule has 1 aromatic rings. The molecule has 0 fully saturated rings. The van der Waals surface area contributed by atoms with Crippen molar-refractivity contribution >= 4 is 22.4 Å². The van der Waals surface area contributed by atoms with Crippen molar-refractivity contribution in [3.63, 3.8) is 0 Å². The Balaban J connectivity index is 2.70. The fraction of sp³-hybridized carbons (Fsp3) is 0.636. The van der Waals surface area contributed by atoms with Crippen LogP contribution in [-0.2, 0) is 4.74 Å². The number of carbonyl (C=O) groups is 1. The van der Waals surface area contributed by atoms with Gasteiger partial charge >= 0.3 is 5.97 Å². The van der Waals surface area contributed by atoms with Crippen LogP contribution in [-0.4, -0.2) is 31.2 Å². The van der Waals surface area contributed by atoms with Gasteiger partial charge in [-0.25, -0.2) is 9.78 Å². The smallest absolute Gasteiger partial charge is 0.349 e. The van der Waals surface area contributed by atoms with Crippen LogP contribution in [0.4, 0.5) is 5.13 Å². The van der Waals surface area contributed by atoms with Crippen molar-refractivity contribution in [2.75, 3.05) is 25.1 Å². The van der Waals surface area contributed by atoms with E-state index in [9.17, 15) is 4.79 Å². The molecular formula is C11H18N2O2S. The fourth-order valence-corrected chi connectivity index (χ4v) is 2.27. The van der Waals surface area contributed by atoms with E-state index < -0.39 is 0 Å². The standard InChI is InChI=1S/C11H18N2O2S/c1-4-6-7-13(5-2)11-12-8-9(16-11)10(14)15-3/h8H,4-7H2,1-3H3. The number of anilines is 1. The molecular weight excluding hydrogens is 224 g/mol. The molecule has 0 unspecified atom stereocenters. The molecule has 0 amide bonds. The maximum absolute atomic E-state index is 11.3. The number of aromatic nitrogens is 1. The summed E-state index contributed by atoms with van der Waals surface area (Å²) in [6.45, 7) is 6.15. The van der Waals surface area contributed by atoms with Crippen LogP contribution in [0.5, 0.6) is 0 Å². The molecule has 0 aliphatic rings. The summed E-state index contributed by atoms with van der Waals surface area (Å²) in [5.41, 5.74) is 0. The van der Waals surface area contributed by atoms with Crippen LogP contribution < -0.4 is 4.90 Å². The van der Waals surface area contributed by atoms with Gasteiger partial charge in [0.15, 0.2) is 5.13 Å². The van der Waals surface area contributed by atoms with Crippen molar-refractivity contribution in [1.29, 1.82) is 0 Å². The molecule has 5 heteroatoms. The predicted molar refractivity (Wildman–Crippen MR) is 66.2 cm³/mol. The Bertz CT molecular complexity index is 338. The SMILES string of the molecule is CCCCN(CC)c1ncc(C(=O)OC)s1. The molecule has 1 heterocycles. The Morgan fingerprint density at radius 1 is 1.56 bits per heavy atom. The third kappa shape index (κ3) is 3.20. The van der Waals surface area contributed by atoms with Crippen LogP contribution in [0.2, 0.25) is 0 Å². The molecule has 0 aromatic carbocycles. The van der Waals surface area contributed by atoms with Crippen molar-refractivity contribution in [2.24, 2.45) is 0 Å². The van der Waals surface area contributed by atoms with Gasteiger partial charge in [-0.2, -0.15) is 0 Å². The van der Waals surface area contributed by atoms with E-state index in [1.807, 2.05) is 0 Å². The van der Waals surface area contributed by atoms with Crippen molar-refractivity contribution in [3.05, 3.63) is 11.1 Å². The van der Waals surface area contributed by atoms with Gasteiger partial charge in [0, 0.05) is 13.1 Å². The van der Waals surface area contributed by atoms with Crippen LogP contribution in [0.15, 0.2) is 6.20 Å². The van der Waals surface area contributed by atoms with Gasteiger partial charge in [-0.05, 0) is 13.3 Å². The number of thiazole rings is 1. The lowest BCUT2D eigenvalue weighted by Gasteiger charge is -2.18. The molecule has 0 aliphatic heterocycles. The Morgan fingerprint density at radius 2 is 2.31 bits per heavy atom. The highest BCUT2D eigenvalue weighted by molar-refractivity contribution is 7.17. The van der Waals surface area contributed by atoms with Crippen molar-refractivity contribution < 1.29 is 9.53 Å². The Morgan fingerprint density at radius 3 is 2.88 bits per heavy atom. The first-order valence-electron chi connectivity index (χ1n) is 5.52. The predicted octanol–water partition coefficient (Wildman–Crippen LogP) is 2.56. The first-order valence-corrected chi connectivity index (χ1v) is 6.33. The molecule has 0 bridgehead atoms. The lowest BCUT2D eigenvalue weighted by atomic mass is 10.3. The molecule has 0 aliphatic carbocycles. The van der Waals surface area contributed by atoms with Gasteiger partial charge in [-0.3, -0.25) is 0 Å². The largest absolute Gasteiger partial charge is 0.465 e. The molecule has 0 saturated heterocycles. The normalized spacial score (nSPS) is 10.2. The second-order valence-corrected chi connectivity index (χ2v) is 4.44. The maximum atomic E-state index is 11.3. The zero-order valence-electron chi connectivity index (χ0n) is 10.0. The Kier molecular flexibility index (Phi) is 5.25. The topological polar surface area (TPSA) is 42.4 Å². The van der Waals surface area contributed by atoms with Gasteiger partial charge < -0.3 is 9.64 Å². The quantitative estimate of drug-likeness (QED) is 0.719. The Labute approximate surface area is 100 Å². The molecule has 0 atom stereocenters. The molecule has 0 radical (unpaired) electrons. The lowest BCUT2D eigenvalue weighted by Crippen LogP contribution is -2.23. The molecule has 1 aromatic heterocycles. The average Bonchev–Trinajstić information content (AvgIpc) is 2.78. The van der Waals surface area contributed by atoms with E-state index in [0.29, 0.717) is 4.88 Å². The van der Waals surface area contributed by atoms with Crippen LogP contribution in [0.1, 0.15) is 36.4 Å². The number of esters is 1. The molecule has 0 saturated carbocycles. The van der Waals surface area contributed by atoms with Crippen LogP contribution >= 0.6 is 11.3 Å². The monoisotopic (exact) mass is 242 g/mol. The number of methoxy groups -OCH3 is 1. The number of ether oxygens (including phenoxy) is 1. The second-order valence-electron chi connectivity index (χ2n) is 3.43. The molecule has 0 spiro atoms. The number of nitrogens with zero attached hydrogens (tertiary/aromatic N) is 2. The van der Waals surface area contributed by atoms with Crippen molar-refractivity contribution in [2.45, 2.75) is 26.7 Å². The summed E-state index contributed by atoms with van der Waals surface area (Å²) in [7, 11) is 1.39. The van der Waals surface area contributed by atoms with Gasteiger partial charge in [0.05, 0.1) is 13.3 Å². The van der Waals surface area contributed by atoms with Gasteiger partial charge in [-0.1, -0.05) is 24.7 Å². The molecule has 90 valence electrons. The van der Waals surface area contributed by atoms with Gasteiger partial charge in [0.1, 0.15) is 4.88 Å². The van der Waals surface area contributed by atoms with Crippen LogP contribution in [0.3, 0.4) is 0 Å². The lowest BCUT2D eigenvalue weighted by molar-refractivity contribution is 0.0606. The summed E-state index contributed by atoms with van der Waals surface area (Å²) < 4.78 is 4.66. The zero-order valence-corrected chi connectivity index (χ0v) is 10.8. The molecule has 0 N–H and O–H groups in total. The Hall–Kier alpha value is -1.10. The van der Waals surface area contributed by atoms with E-state index in [4.69, 9.17) is 0 Å². The summed E-state index contributed by atoms with van der Waals surface area (Å²) in [6, 6.07) is 0. The average molecular weight is 242 g/mol. The zero-order chi connectivity index (χ0) is 12.0. The number of carbonyl (C=O) groups excluding carboxylic acids is 1. The van der Waals surface area contributed by atoms with Gasteiger partial charge in [0.25, 0.3) is 0 Å². The summed E-state index contributed by atoms with van der Waals surface area (Å²) >= 11 is 1.39. The van der Waals surface area contributed by atoms with E-state index in [2.05, 4.69) is 28.5 Å². The summed E-state index contributed by atoms with van der Waals surface area (Å²) in [6.07, 6.45) is 3.88. The van der Waals surface area contributed by atoms with E-state index >= 15 is 0 Å². The first-order chi connectivity index (χ1) is 7.72. The maximum Gasteiger partial charge on any atom is 0.349 e. The summed E-state index contributed by atoms with van der Waals surface area (Å²) in [5, 5.41) is 0.899. The third-order valence-corrected chi connectivity index (χ3v) is 3.35. The number of hydrogen-bond donors (Lipinski definition) is 0. The van der Waals surface area contributed by atoms with E-state index in [1.165, 1.54) is 18.4 Å². The highest BCUT2D eigenvalue weighted by Crippen LogP contribution is 2.23. The van der Waals surface area contributed by atoms with Crippen LogP contribution in [0.25, 0.3) is 0 Å². The minimum Gasteiger partial charge on any atom is -0.465 e. The van der Waals surface area contributed by atoms with E-state index in [1.54, 1.807) is 6.20 Å². The van der Waals surface area contributed by atoms with Crippen molar-refractivity contribution in [1.82, 2.24) is 4.98 Å². The summed E-state index contributed by atoms with van der Waals surface area (Å²) in [5.74, 6) is -0.310. The molecule has 4 nitrogen and oxygen atoms in total. The minimum absolute atomic E-state index is 0.310. The van der Waals surface area contributed by atoms with Gasteiger partial charge in [-0.15, -0.1) is 0 Å². The van der Waals surface area contributed by atoms with E-state index in [0.717, 1.165) is 31.1 Å². The number of rotatable bonds is 6. The van der Waals surface area contributed by atoms with E-state index in [-0.39, 0.29) is 5.97 Å².